The molecule has 1 aliphatic heterocycles. The van der Waals surface area contributed by atoms with Crippen molar-refractivity contribution in [3.63, 3.8) is 0 Å². The molecule has 1 aromatic heterocycles. The Morgan fingerprint density at radius 1 is 1.22 bits per heavy atom. The van der Waals surface area contributed by atoms with Gasteiger partial charge in [0.25, 0.3) is 5.91 Å². The summed E-state index contributed by atoms with van der Waals surface area (Å²) in [4.78, 5) is 30.3. The van der Waals surface area contributed by atoms with Crippen LogP contribution < -0.4 is 5.32 Å². The van der Waals surface area contributed by atoms with Crippen LogP contribution in [0.5, 0.6) is 0 Å². The molecule has 2 heterocycles. The van der Waals surface area contributed by atoms with E-state index in [-0.39, 0.29) is 11.8 Å². The summed E-state index contributed by atoms with van der Waals surface area (Å²) in [5.41, 5.74) is 2.79. The summed E-state index contributed by atoms with van der Waals surface area (Å²) in [6, 6.07) is 11.6. The smallest absolute Gasteiger partial charge is 0.252 e. The Bertz CT molecular complexity index is 809. The molecule has 0 atom stereocenters. The lowest BCUT2D eigenvalue weighted by Gasteiger charge is -2.31. The Labute approximate surface area is 160 Å². The number of benzene rings is 1. The maximum absolute atomic E-state index is 12.4. The zero-order valence-corrected chi connectivity index (χ0v) is 15.6. The number of carbonyl (C=O) groups is 2. The monoisotopic (exact) mass is 363 g/mol. The van der Waals surface area contributed by atoms with Gasteiger partial charge in [0, 0.05) is 38.1 Å². The van der Waals surface area contributed by atoms with E-state index < -0.39 is 0 Å². The number of aromatic nitrogens is 1. The third kappa shape index (κ3) is 5.51. The van der Waals surface area contributed by atoms with Crippen molar-refractivity contribution in [1.82, 2.24) is 15.2 Å². The Hall–Kier alpha value is -2.95. The number of amides is 2. The summed E-state index contributed by atoms with van der Waals surface area (Å²) in [5.74, 6) is 0.354. The maximum atomic E-state index is 12.4. The lowest BCUT2D eigenvalue weighted by Crippen LogP contribution is -2.41. The van der Waals surface area contributed by atoms with Gasteiger partial charge in [0.1, 0.15) is 0 Å². The zero-order valence-electron chi connectivity index (χ0n) is 15.6. The lowest BCUT2D eigenvalue weighted by atomic mass is 9.96. The van der Waals surface area contributed by atoms with Crippen LogP contribution in [-0.4, -0.2) is 41.3 Å². The van der Waals surface area contributed by atoms with Gasteiger partial charge in [-0.15, -0.1) is 0 Å². The maximum Gasteiger partial charge on any atom is 0.252 e. The third-order valence-corrected chi connectivity index (χ3v) is 4.86. The Morgan fingerprint density at radius 3 is 2.74 bits per heavy atom. The van der Waals surface area contributed by atoms with Gasteiger partial charge in [-0.1, -0.05) is 29.8 Å². The van der Waals surface area contributed by atoms with Gasteiger partial charge >= 0.3 is 0 Å². The van der Waals surface area contributed by atoms with Crippen LogP contribution >= 0.6 is 0 Å². The fourth-order valence-electron chi connectivity index (χ4n) is 3.24. The van der Waals surface area contributed by atoms with Crippen LogP contribution in [0.1, 0.15) is 34.3 Å². The van der Waals surface area contributed by atoms with Gasteiger partial charge in [-0.25, -0.2) is 0 Å². The molecule has 1 aliphatic rings. The van der Waals surface area contributed by atoms with E-state index in [0.717, 1.165) is 31.5 Å². The summed E-state index contributed by atoms with van der Waals surface area (Å²) in [5, 5.41) is 2.97. The number of nitrogens with zero attached hydrogens (tertiary/aromatic N) is 2. The number of hydrogen-bond donors (Lipinski definition) is 1. The van der Waals surface area contributed by atoms with Gasteiger partial charge < -0.3 is 10.2 Å². The number of nitrogens with one attached hydrogen (secondary N) is 1. The van der Waals surface area contributed by atoms with Crippen LogP contribution in [0, 0.1) is 12.8 Å². The van der Waals surface area contributed by atoms with Crippen LogP contribution in [0.25, 0.3) is 6.08 Å². The standard InChI is InChI=1S/C22H25N3O2/c1-17-4-2-5-18(14-17)7-8-21(26)25-12-9-19(10-13-25)15-24-22(27)20-6-3-11-23-16-20/h2-8,11,14,16,19H,9-10,12-13,15H2,1H3,(H,24,27)/b8-7+. The molecule has 2 aromatic rings. The van der Waals surface area contributed by atoms with Crippen molar-refractivity contribution in [2.75, 3.05) is 19.6 Å². The van der Waals surface area contributed by atoms with E-state index >= 15 is 0 Å². The SMILES string of the molecule is Cc1cccc(/C=C/C(=O)N2CCC(CNC(=O)c3cccnc3)CC2)c1. The normalized spacial score (nSPS) is 15.1. The van der Waals surface area contributed by atoms with Crippen LogP contribution in [0.15, 0.2) is 54.9 Å². The van der Waals surface area contributed by atoms with Crippen molar-refractivity contribution in [3.8, 4) is 0 Å². The highest BCUT2D eigenvalue weighted by Gasteiger charge is 2.22. The topological polar surface area (TPSA) is 62.3 Å². The first kappa shape index (κ1) is 18.8. The summed E-state index contributed by atoms with van der Waals surface area (Å²) >= 11 is 0. The second-order valence-electron chi connectivity index (χ2n) is 6.97. The average Bonchev–Trinajstić information content (AvgIpc) is 2.71. The van der Waals surface area contributed by atoms with Crippen molar-refractivity contribution in [3.05, 3.63) is 71.6 Å². The minimum Gasteiger partial charge on any atom is -0.352 e. The molecule has 0 bridgehead atoms. The quantitative estimate of drug-likeness (QED) is 0.831. The first-order chi connectivity index (χ1) is 13.1. The lowest BCUT2D eigenvalue weighted by molar-refractivity contribution is -0.127. The first-order valence-corrected chi connectivity index (χ1v) is 9.34. The second-order valence-corrected chi connectivity index (χ2v) is 6.97. The Kier molecular flexibility index (Phi) is 6.36. The molecule has 140 valence electrons. The van der Waals surface area contributed by atoms with E-state index in [1.807, 2.05) is 36.1 Å². The number of pyridine rings is 1. The molecular formula is C22H25N3O2. The molecular weight excluding hydrogens is 338 g/mol. The molecule has 5 heteroatoms. The van der Waals surface area contributed by atoms with E-state index in [4.69, 9.17) is 0 Å². The highest BCUT2D eigenvalue weighted by molar-refractivity contribution is 5.93. The number of hydrogen-bond acceptors (Lipinski definition) is 3. The average molecular weight is 363 g/mol. The van der Waals surface area contributed by atoms with E-state index in [1.165, 1.54) is 5.56 Å². The molecule has 1 saturated heterocycles. The molecule has 3 rings (SSSR count). The largest absolute Gasteiger partial charge is 0.352 e. The Balaban J connectivity index is 1.43. The molecule has 27 heavy (non-hydrogen) atoms. The molecule has 1 fully saturated rings. The van der Waals surface area contributed by atoms with E-state index in [9.17, 15) is 9.59 Å². The molecule has 5 nitrogen and oxygen atoms in total. The zero-order chi connectivity index (χ0) is 19.1. The van der Waals surface area contributed by atoms with E-state index in [0.29, 0.717) is 18.0 Å². The molecule has 0 radical (unpaired) electrons. The fraction of sp³-hybridized carbons (Fsp3) is 0.318. The highest BCUT2D eigenvalue weighted by Crippen LogP contribution is 2.17. The van der Waals surface area contributed by atoms with Crippen LogP contribution in [0.4, 0.5) is 0 Å². The molecule has 0 unspecified atom stereocenters. The number of carbonyl (C=O) groups excluding carboxylic acids is 2. The number of piperidine rings is 1. The summed E-state index contributed by atoms with van der Waals surface area (Å²) < 4.78 is 0. The molecule has 2 amide bonds. The molecule has 0 aliphatic carbocycles. The van der Waals surface area contributed by atoms with Crippen LogP contribution in [0.2, 0.25) is 0 Å². The predicted molar refractivity (Wildman–Crippen MR) is 106 cm³/mol. The van der Waals surface area contributed by atoms with Gasteiger partial charge in [0.2, 0.25) is 5.91 Å². The minimum absolute atomic E-state index is 0.0503. The van der Waals surface area contributed by atoms with Crippen LogP contribution in [-0.2, 0) is 4.79 Å². The van der Waals surface area contributed by atoms with E-state index in [2.05, 4.69) is 16.4 Å². The van der Waals surface area contributed by atoms with Crippen LogP contribution in [0.3, 0.4) is 0 Å². The summed E-state index contributed by atoms with van der Waals surface area (Å²) in [6.45, 7) is 4.13. The van der Waals surface area contributed by atoms with Crippen molar-refractivity contribution in [2.45, 2.75) is 19.8 Å². The number of aryl methyl sites for hydroxylation is 1. The molecule has 0 saturated carbocycles. The third-order valence-electron chi connectivity index (χ3n) is 4.86. The number of rotatable bonds is 5. The van der Waals surface area contributed by atoms with Gasteiger partial charge in [-0.05, 0) is 49.5 Å². The predicted octanol–water partition coefficient (Wildman–Crippen LogP) is 3.07. The van der Waals surface area contributed by atoms with Crippen molar-refractivity contribution >= 4 is 17.9 Å². The summed E-state index contributed by atoms with van der Waals surface area (Å²) in [6.07, 6.45) is 8.54. The van der Waals surface area contributed by atoms with Gasteiger partial charge in [0.05, 0.1) is 5.56 Å². The van der Waals surface area contributed by atoms with E-state index in [1.54, 1.807) is 30.6 Å². The fourth-order valence-corrected chi connectivity index (χ4v) is 3.24. The molecule has 1 N–H and O–H groups in total. The van der Waals surface area contributed by atoms with Crippen molar-refractivity contribution in [2.24, 2.45) is 5.92 Å². The molecule has 0 spiro atoms. The van der Waals surface area contributed by atoms with Gasteiger partial charge in [0.15, 0.2) is 0 Å². The molecule has 1 aromatic carbocycles. The Morgan fingerprint density at radius 2 is 2.04 bits per heavy atom. The van der Waals surface area contributed by atoms with Crippen molar-refractivity contribution < 1.29 is 9.59 Å². The second kappa shape index (κ2) is 9.12. The van der Waals surface area contributed by atoms with Gasteiger partial charge in [-0.2, -0.15) is 0 Å². The minimum atomic E-state index is -0.0947. The number of likely N-dealkylation sites (tertiary alicyclic amines) is 1. The van der Waals surface area contributed by atoms with Crippen molar-refractivity contribution in [1.29, 1.82) is 0 Å². The van der Waals surface area contributed by atoms with Gasteiger partial charge in [-0.3, -0.25) is 14.6 Å². The first-order valence-electron chi connectivity index (χ1n) is 9.34. The summed E-state index contributed by atoms with van der Waals surface area (Å²) in [7, 11) is 0. The highest BCUT2D eigenvalue weighted by atomic mass is 16.2.